The molecule has 1 N–H and O–H groups in total. The quantitative estimate of drug-likeness (QED) is 0.655. The van der Waals surface area contributed by atoms with Crippen LogP contribution in [0.5, 0.6) is 0 Å². The van der Waals surface area contributed by atoms with Gasteiger partial charge in [-0.1, -0.05) is 32.9 Å². The van der Waals surface area contributed by atoms with Crippen molar-refractivity contribution in [3.05, 3.63) is 52.1 Å². The number of benzene rings is 1. The van der Waals surface area contributed by atoms with Gasteiger partial charge in [-0.05, 0) is 36.1 Å². The third-order valence-electron chi connectivity index (χ3n) is 4.40. The zero-order chi connectivity index (χ0) is 18.9. The summed E-state index contributed by atoms with van der Waals surface area (Å²) in [6.45, 7) is 9.79. The minimum absolute atomic E-state index is 0.0509. The molecule has 0 radical (unpaired) electrons. The van der Waals surface area contributed by atoms with Crippen molar-refractivity contribution in [2.45, 2.75) is 33.1 Å². The molecule has 2 heterocycles. The van der Waals surface area contributed by atoms with Crippen LogP contribution in [-0.2, 0) is 5.41 Å². The SMILES string of the molecule is CC1=NCCN1c1ccc([N+](=O)[O-])c(Nc2ccc(C(C)(C)C)cc2)n1. The number of aliphatic imine (C=N–C) groups is 1. The zero-order valence-electron chi connectivity index (χ0n) is 15.5. The van der Waals surface area contributed by atoms with Crippen LogP contribution < -0.4 is 10.2 Å². The lowest BCUT2D eigenvalue weighted by Crippen LogP contribution is -2.26. The third-order valence-corrected chi connectivity index (χ3v) is 4.40. The van der Waals surface area contributed by atoms with E-state index in [2.05, 4.69) is 36.1 Å². The summed E-state index contributed by atoms with van der Waals surface area (Å²) in [7, 11) is 0. The number of amidine groups is 1. The number of hydrogen-bond donors (Lipinski definition) is 1. The molecule has 0 amide bonds. The van der Waals surface area contributed by atoms with Gasteiger partial charge in [-0.2, -0.15) is 0 Å². The van der Waals surface area contributed by atoms with Crippen molar-refractivity contribution >= 4 is 28.8 Å². The molecule has 0 spiro atoms. The van der Waals surface area contributed by atoms with Gasteiger partial charge < -0.3 is 10.2 Å². The predicted octanol–water partition coefficient (Wildman–Crippen LogP) is 4.27. The van der Waals surface area contributed by atoms with E-state index in [0.29, 0.717) is 12.4 Å². The number of nitrogens with one attached hydrogen (secondary N) is 1. The van der Waals surface area contributed by atoms with Gasteiger partial charge in [-0.15, -0.1) is 0 Å². The lowest BCUT2D eigenvalue weighted by Gasteiger charge is -2.20. The first-order valence-corrected chi connectivity index (χ1v) is 8.57. The molecule has 0 aliphatic carbocycles. The second-order valence-electron chi connectivity index (χ2n) is 7.33. The number of hydrogen-bond acceptors (Lipinski definition) is 6. The van der Waals surface area contributed by atoms with E-state index in [1.807, 2.05) is 36.1 Å². The molecule has 0 unspecified atom stereocenters. The second-order valence-corrected chi connectivity index (χ2v) is 7.33. The summed E-state index contributed by atoms with van der Waals surface area (Å²) in [5.41, 5.74) is 1.96. The summed E-state index contributed by atoms with van der Waals surface area (Å²) in [4.78, 5) is 21.7. The van der Waals surface area contributed by atoms with Gasteiger partial charge in [0.25, 0.3) is 0 Å². The molecule has 1 aromatic heterocycles. The average Bonchev–Trinajstić information content (AvgIpc) is 3.00. The Bertz CT molecular complexity index is 853. The summed E-state index contributed by atoms with van der Waals surface area (Å²) in [6.07, 6.45) is 0. The van der Waals surface area contributed by atoms with Crippen LogP contribution in [0.25, 0.3) is 0 Å². The van der Waals surface area contributed by atoms with Crippen molar-refractivity contribution in [1.82, 2.24) is 4.98 Å². The predicted molar refractivity (Wildman–Crippen MR) is 105 cm³/mol. The van der Waals surface area contributed by atoms with Crippen molar-refractivity contribution in [3.8, 4) is 0 Å². The fraction of sp³-hybridized carbons (Fsp3) is 0.368. The Morgan fingerprint density at radius 3 is 2.38 bits per heavy atom. The fourth-order valence-corrected chi connectivity index (χ4v) is 2.86. The standard InChI is InChI=1S/C19H23N5O2/c1-13-20-11-12-23(13)17-10-9-16(24(25)26)18(22-17)21-15-7-5-14(6-8-15)19(2,3)4/h5-10H,11-12H2,1-4H3,(H,21,22). The highest BCUT2D eigenvalue weighted by Crippen LogP contribution is 2.30. The molecule has 136 valence electrons. The van der Waals surface area contributed by atoms with Crippen molar-refractivity contribution < 1.29 is 4.92 Å². The Labute approximate surface area is 152 Å². The van der Waals surface area contributed by atoms with Gasteiger partial charge in [-0.3, -0.25) is 15.1 Å². The first-order chi connectivity index (χ1) is 12.3. The van der Waals surface area contributed by atoms with E-state index in [0.717, 1.165) is 18.1 Å². The number of pyridine rings is 1. The summed E-state index contributed by atoms with van der Waals surface area (Å²) in [5, 5.41) is 14.5. The van der Waals surface area contributed by atoms with Crippen LogP contribution in [0.2, 0.25) is 0 Å². The summed E-state index contributed by atoms with van der Waals surface area (Å²) in [6, 6.07) is 11.0. The summed E-state index contributed by atoms with van der Waals surface area (Å²) in [5.74, 6) is 1.76. The van der Waals surface area contributed by atoms with E-state index in [4.69, 9.17) is 0 Å². The van der Waals surface area contributed by atoms with Crippen LogP contribution in [-0.4, -0.2) is 28.8 Å². The van der Waals surface area contributed by atoms with Crippen LogP contribution in [0.3, 0.4) is 0 Å². The number of aromatic nitrogens is 1. The first-order valence-electron chi connectivity index (χ1n) is 8.57. The molecular formula is C19H23N5O2. The molecule has 0 saturated heterocycles. The van der Waals surface area contributed by atoms with Crippen molar-refractivity contribution in [2.75, 3.05) is 23.3 Å². The molecule has 0 atom stereocenters. The van der Waals surface area contributed by atoms with Gasteiger partial charge in [0, 0.05) is 18.3 Å². The van der Waals surface area contributed by atoms with Crippen LogP contribution in [0, 0.1) is 10.1 Å². The number of rotatable bonds is 4. The lowest BCUT2D eigenvalue weighted by molar-refractivity contribution is -0.384. The Morgan fingerprint density at radius 2 is 1.85 bits per heavy atom. The monoisotopic (exact) mass is 353 g/mol. The smallest absolute Gasteiger partial charge is 0.311 e. The van der Waals surface area contributed by atoms with Crippen LogP contribution in [0.1, 0.15) is 33.3 Å². The Balaban J connectivity index is 1.92. The van der Waals surface area contributed by atoms with E-state index in [1.165, 1.54) is 11.6 Å². The molecule has 2 aromatic rings. The van der Waals surface area contributed by atoms with Gasteiger partial charge >= 0.3 is 5.69 Å². The molecule has 1 aliphatic heterocycles. The molecule has 7 nitrogen and oxygen atoms in total. The molecule has 1 aromatic carbocycles. The highest BCUT2D eigenvalue weighted by molar-refractivity contribution is 5.97. The number of nitro groups is 1. The molecule has 26 heavy (non-hydrogen) atoms. The Kier molecular flexibility index (Phi) is 4.63. The molecular weight excluding hydrogens is 330 g/mol. The minimum atomic E-state index is -0.423. The minimum Gasteiger partial charge on any atom is -0.334 e. The maximum absolute atomic E-state index is 11.4. The zero-order valence-corrected chi connectivity index (χ0v) is 15.5. The van der Waals surface area contributed by atoms with E-state index in [-0.39, 0.29) is 16.9 Å². The maximum atomic E-state index is 11.4. The Morgan fingerprint density at radius 1 is 1.15 bits per heavy atom. The van der Waals surface area contributed by atoms with E-state index < -0.39 is 4.92 Å². The molecule has 0 bridgehead atoms. The van der Waals surface area contributed by atoms with Crippen molar-refractivity contribution in [3.63, 3.8) is 0 Å². The average molecular weight is 353 g/mol. The fourth-order valence-electron chi connectivity index (χ4n) is 2.86. The highest BCUT2D eigenvalue weighted by atomic mass is 16.6. The van der Waals surface area contributed by atoms with Crippen LogP contribution in [0.15, 0.2) is 41.4 Å². The maximum Gasteiger partial charge on any atom is 0.311 e. The second kappa shape index (κ2) is 6.74. The summed E-state index contributed by atoms with van der Waals surface area (Å²) >= 11 is 0. The van der Waals surface area contributed by atoms with Gasteiger partial charge in [0.15, 0.2) is 0 Å². The molecule has 3 rings (SSSR count). The van der Waals surface area contributed by atoms with Crippen molar-refractivity contribution in [1.29, 1.82) is 0 Å². The van der Waals surface area contributed by atoms with E-state index in [1.54, 1.807) is 6.07 Å². The number of nitrogens with zero attached hydrogens (tertiary/aromatic N) is 4. The van der Waals surface area contributed by atoms with Crippen LogP contribution in [0.4, 0.5) is 23.0 Å². The molecule has 1 aliphatic rings. The normalized spacial score (nSPS) is 14.3. The Hall–Kier alpha value is -2.96. The van der Waals surface area contributed by atoms with Crippen LogP contribution >= 0.6 is 0 Å². The molecule has 7 heteroatoms. The lowest BCUT2D eigenvalue weighted by atomic mass is 9.87. The molecule has 0 saturated carbocycles. The topological polar surface area (TPSA) is 83.7 Å². The van der Waals surface area contributed by atoms with E-state index >= 15 is 0 Å². The van der Waals surface area contributed by atoms with Gasteiger partial charge in [0.05, 0.1) is 11.5 Å². The third kappa shape index (κ3) is 3.66. The van der Waals surface area contributed by atoms with E-state index in [9.17, 15) is 10.1 Å². The van der Waals surface area contributed by atoms with Gasteiger partial charge in [-0.25, -0.2) is 4.98 Å². The largest absolute Gasteiger partial charge is 0.334 e. The van der Waals surface area contributed by atoms with Gasteiger partial charge in [0.1, 0.15) is 11.7 Å². The summed E-state index contributed by atoms with van der Waals surface area (Å²) < 4.78 is 0. The molecule has 0 fully saturated rings. The van der Waals surface area contributed by atoms with Gasteiger partial charge in [0.2, 0.25) is 5.82 Å². The first kappa shape index (κ1) is 17.8. The highest BCUT2D eigenvalue weighted by Gasteiger charge is 2.22. The number of anilines is 3. The van der Waals surface area contributed by atoms with Crippen molar-refractivity contribution in [2.24, 2.45) is 4.99 Å².